The first-order chi connectivity index (χ1) is 10.1. The van der Waals surface area contributed by atoms with Crippen LogP contribution in [-0.4, -0.2) is 11.5 Å². The van der Waals surface area contributed by atoms with Crippen molar-refractivity contribution >= 4 is 28.4 Å². The van der Waals surface area contributed by atoms with Crippen LogP contribution in [0, 0.1) is 17.0 Å². The molecule has 2 aromatic rings. The third-order valence-electron chi connectivity index (χ3n) is 3.19. The van der Waals surface area contributed by atoms with Gasteiger partial charge in [-0.2, -0.15) is 0 Å². The van der Waals surface area contributed by atoms with Crippen molar-refractivity contribution < 1.29 is 4.92 Å². The molecule has 1 heterocycles. The van der Waals surface area contributed by atoms with E-state index >= 15 is 0 Å². The highest BCUT2D eigenvalue weighted by atomic mass is 32.1. The molecule has 21 heavy (non-hydrogen) atoms. The second-order valence-electron chi connectivity index (χ2n) is 4.77. The van der Waals surface area contributed by atoms with Crippen molar-refractivity contribution in [1.29, 1.82) is 0 Å². The lowest BCUT2D eigenvalue weighted by Gasteiger charge is -2.11. The summed E-state index contributed by atoms with van der Waals surface area (Å²) in [7, 11) is 0. The van der Waals surface area contributed by atoms with Crippen molar-refractivity contribution in [3.05, 3.63) is 50.2 Å². The molecule has 0 saturated carbocycles. The molecule has 0 fully saturated rings. The molecule has 0 aliphatic heterocycles. The normalized spacial score (nSPS) is 10.4. The van der Waals surface area contributed by atoms with E-state index in [2.05, 4.69) is 16.7 Å². The second-order valence-corrected chi connectivity index (χ2v) is 5.77. The molecule has 0 saturated heterocycles. The Labute approximate surface area is 128 Å². The van der Waals surface area contributed by atoms with Crippen molar-refractivity contribution in [3.63, 3.8) is 0 Å². The van der Waals surface area contributed by atoms with Crippen LogP contribution in [0.5, 0.6) is 0 Å². The molecule has 0 spiro atoms. The van der Waals surface area contributed by atoms with Crippen LogP contribution in [0.2, 0.25) is 0 Å². The van der Waals surface area contributed by atoms with Crippen LogP contribution in [0.15, 0.2) is 29.6 Å². The zero-order valence-electron chi connectivity index (χ0n) is 12.2. The summed E-state index contributed by atoms with van der Waals surface area (Å²) in [6.45, 7) is 5.39. The number of aryl methyl sites for hydroxylation is 1. The number of nitrogens with zero attached hydrogens (tertiary/aromatic N) is 1. The van der Waals surface area contributed by atoms with Crippen molar-refractivity contribution in [3.8, 4) is 0 Å². The molecular weight excluding hydrogens is 286 g/mol. The minimum Gasteiger partial charge on any atom is -0.379 e. The lowest BCUT2D eigenvalue weighted by Crippen LogP contribution is -2.07. The predicted octanol–water partition coefficient (Wildman–Crippen LogP) is 4.40. The van der Waals surface area contributed by atoms with Gasteiger partial charge in [-0.3, -0.25) is 10.1 Å². The topological polar surface area (TPSA) is 67.2 Å². The molecule has 0 aliphatic rings. The predicted molar refractivity (Wildman–Crippen MR) is 88.3 cm³/mol. The summed E-state index contributed by atoms with van der Waals surface area (Å²) in [5.41, 5.74) is 2.43. The minimum absolute atomic E-state index is 0.111. The molecule has 0 atom stereocenters. The number of para-hydroxylation sites is 1. The summed E-state index contributed by atoms with van der Waals surface area (Å²) >= 11 is 1.65. The number of rotatable bonds is 7. The van der Waals surface area contributed by atoms with Crippen LogP contribution in [0.25, 0.3) is 0 Å². The Morgan fingerprint density at radius 2 is 1.95 bits per heavy atom. The summed E-state index contributed by atoms with van der Waals surface area (Å²) in [4.78, 5) is 12.2. The van der Waals surface area contributed by atoms with E-state index in [9.17, 15) is 10.1 Å². The summed E-state index contributed by atoms with van der Waals surface area (Å²) in [6, 6.07) is 7.37. The van der Waals surface area contributed by atoms with Crippen LogP contribution in [0.4, 0.5) is 17.1 Å². The maximum Gasteiger partial charge on any atom is 0.315 e. The third kappa shape index (κ3) is 3.72. The van der Waals surface area contributed by atoms with E-state index in [0.29, 0.717) is 24.5 Å². The molecule has 0 bridgehead atoms. The summed E-state index contributed by atoms with van der Waals surface area (Å²) in [6.07, 6.45) is 0.920. The molecule has 1 aromatic heterocycles. The smallest absolute Gasteiger partial charge is 0.315 e. The van der Waals surface area contributed by atoms with Gasteiger partial charge in [0.25, 0.3) is 0 Å². The average Bonchev–Trinajstić information content (AvgIpc) is 2.87. The van der Waals surface area contributed by atoms with E-state index < -0.39 is 0 Å². The van der Waals surface area contributed by atoms with Crippen LogP contribution in [-0.2, 0) is 6.54 Å². The van der Waals surface area contributed by atoms with E-state index in [1.54, 1.807) is 23.5 Å². The number of hydrogen-bond acceptors (Lipinski definition) is 5. The van der Waals surface area contributed by atoms with Crippen molar-refractivity contribution in [1.82, 2.24) is 0 Å². The maximum absolute atomic E-state index is 11.4. The number of nitrogens with one attached hydrogen (secondary N) is 2. The van der Waals surface area contributed by atoms with Crippen LogP contribution in [0.1, 0.15) is 23.8 Å². The zero-order chi connectivity index (χ0) is 15.2. The first-order valence-corrected chi connectivity index (χ1v) is 7.79. The zero-order valence-corrected chi connectivity index (χ0v) is 13.0. The summed E-state index contributed by atoms with van der Waals surface area (Å²) in [5, 5.41) is 19.7. The molecule has 1 aromatic carbocycles. The van der Waals surface area contributed by atoms with Crippen molar-refractivity contribution in [2.75, 3.05) is 17.2 Å². The number of thiophene rings is 1. The molecule has 0 radical (unpaired) electrons. The Hall–Kier alpha value is -2.08. The van der Waals surface area contributed by atoms with E-state index in [-0.39, 0.29) is 10.6 Å². The van der Waals surface area contributed by atoms with Crippen LogP contribution < -0.4 is 10.6 Å². The SMILES string of the molecule is CCCNc1cccc(NCc2sccc2C)c1[N+](=O)[O-]. The van der Waals surface area contributed by atoms with E-state index in [1.165, 1.54) is 10.4 Å². The standard InChI is InChI=1S/C15H19N3O2S/c1-3-8-16-12-5-4-6-13(15(12)18(19)20)17-10-14-11(2)7-9-21-14/h4-7,9,16-17H,3,8,10H2,1-2H3. The van der Waals surface area contributed by atoms with Gasteiger partial charge in [0, 0.05) is 18.0 Å². The fourth-order valence-electron chi connectivity index (χ4n) is 2.05. The van der Waals surface area contributed by atoms with Gasteiger partial charge in [0.1, 0.15) is 11.4 Å². The van der Waals surface area contributed by atoms with E-state index in [0.717, 1.165) is 6.42 Å². The minimum atomic E-state index is -0.332. The Kier molecular flexibility index (Phi) is 5.16. The fourth-order valence-corrected chi connectivity index (χ4v) is 2.89. The molecule has 0 aliphatic carbocycles. The van der Waals surface area contributed by atoms with E-state index in [1.807, 2.05) is 25.3 Å². The second kappa shape index (κ2) is 7.08. The molecule has 5 nitrogen and oxygen atoms in total. The van der Waals surface area contributed by atoms with Gasteiger partial charge < -0.3 is 10.6 Å². The van der Waals surface area contributed by atoms with Gasteiger partial charge in [-0.25, -0.2) is 0 Å². The Balaban J connectivity index is 2.21. The third-order valence-corrected chi connectivity index (χ3v) is 4.21. The first-order valence-electron chi connectivity index (χ1n) is 6.91. The van der Waals surface area contributed by atoms with Gasteiger partial charge in [0.15, 0.2) is 0 Å². The molecule has 2 rings (SSSR count). The highest BCUT2D eigenvalue weighted by Gasteiger charge is 2.19. The van der Waals surface area contributed by atoms with Crippen molar-refractivity contribution in [2.24, 2.45) is 0 Å². The lowest BCUT2D eigenvalue weighted by molar-refractivity contribution is -0.383. The molecule has 6 heteroatoms. The summed E-state index contributed by atoms with van der Waals surface area (Å²) in [5.74, 6) is 0. The van der Waals surface area contributed by atoms with Crippen LogP contribution in [0.3, 0.4) is 0 Å². The molecule has 0 unspecified atom stereocenters. The largest absolute Gasteiger partial charge is 0.379 e. The monoisotopic (exact) mass is 305 g/mol. The van der Waals surface area contributed by atoms with Gasteiger partial charge in [-0.05, 0) is 42.5 Å². The Bertz CT molecular complexity index is 625. The summed E-state index contributed by atoms with van der Waals surface area (Å²) < 4.78 is 0. The number of nitro groups is 1. The Morgan fingerprint density at radius 3 is 2.52 bits per heavy atom. The maximum atomic E-state index is 11.4. The number of nitro benzene ring substituents is 1. The number of anilines is 2. The fraction of sp³-hybridized carbons (Fsp3) is 0.333. The van der Waals surface area contributed by atoms with E-state index in [4.69, 9.17) is 0 Å². The van der Waals surface area contributed by atoms with Gasteiger partial charge in [0.05, 0.1) is 4.92 Å². The van der Waals surface area contributed by atoms with Crippen LogP contribution >= 0.6 is 11.3 Å². The number of hydrogen-bond donors (Lipinski definition) is 2. The van der Waals surface area contributed by atoms with Gasteiger partial charge in [-0.1, -0.05) is 13.0 Å². The van der Waals surface area contributed by atoms with Crippen molar-refractivity contribution in [2.45, 2.75) is 26.8 Å². The average molecular weight is 305 g/mol. The van der Waals surface area contributed by atoms with Gasteiger partial charge in [-0.15, -0.1) is 11.3 Å². The quantitative estimate of drug-likeness (QED) is 0.588. The molecule has 2 N–H and O–H groups in total. The molecule has 112 valence electrons. The molecular formula is C15H19N3O2S. The number of benzene rings is 1. The lowest BCUT2D eigenvalue weighted by atomic mass is 10.2. The highest BCUT2D eigenvalue weighted by molar-refractivity contribution is 7.10. The van der Waals surface area contributed by atoms with Gasteiger partial charge >= 0.3 is 5.69 Å². The Morgan fingerprint density at radius 1 is 1.24 bits per heavy atom. The highest BCUT2D eigenvalue weighted by Crippen LogP contribution is 2.33. The first kappa shape index (κ1) is 15.3. The van der Waals surface area contributed by atoms with Gasteiger partial charge in [0.2, 0.25) is 0 Å². The molecule has 0 amide bonds.